The van der Waals surface area contributed by atoms with E-state index in [2.05, 4.69) is 10.6 Å². The van der Waals surface area contributed by atoms with Crippen molar-refractivity contribution in [3.63, 3.8) is 0 Å². The monoisotopic (exact) mass is 278 g/mol. The molecule has 0 aliphatic heterocycles. The van der Waals surface area contributed by atoms with E-state index in [4.69, 9.17) is 11.1 Å². The van der Waals surface area contributed by atoms with Crippen molar-refractivity contribution in [3.05, 3.63) is 29.8 Å². The molecule has 1 aromatic carbocycles. The number of hydrogen-bond donors (Lipinski definition) is 4. The Balaban J connectivity index is 0. The smallest absolute Gasteiger partial charge is 0.192 e. The lowest BCUT2D eigenvalue weighted by Crippen LogP contribution is -2.29. The van der Waals surface area contributed by atoms with E-state index in [9.17, 15) is 0 Å². The first-order valence-corrected chi connectivity index (χ1v) is 5.14. The van der Waals surface area contributed by atoms with Crippen LogP contribution in [-0.2, 0) is 6.42 Å². The molecule has 0 bridgehead atoms. The van der Waals surface area contributed by atoms with Crippen molar-refractivity contribution in [1.82, 2.24) is 5.32 Å². The Morgan fingerprint density at radius 3 is 2.29 bits per heavy atom. The molecule has 0 atom stereocenters. The van der Waals surface area contributed by atoms with Crippen molar-refractivity contribution in [2.75, 3.05) is 18.4 Å². The van der Waals surface area contributed by atoms with Crippen LogP contribution < -0.4 is 16.4 Å². The second kappa shape index (κ2) is 10.2. The molecule has 5 N–H and O–H groups in total. The Kier molecular flexibility index (Phi) is 11.0. The van der Waals surface area contributed by atoms with Crippen molar-refractivity contribution in [2.24, 2.45) is 5.73 Å². The fourth-order valence-corrected chi connectivity index (χ4v) is 1.29. The number of nitrogens with one attached hydrogen (secondary N) is 3. The minimum absolute atomic E-state index is 0. The lowest BCUT2D eigenvalue weighted by Gasteiger charge is -2.09. The number of guanidine groups is 1. The number of rotatable bonds is 4. The maximum Gasteiger partial charge on any atom is 0.192 e. The van der Waals surface area contributed by atoms with Crippen molar-refractivity contribution < 1.29 is 0 Å². The summed E-state index contributed by atoms with van der Waals surface area (Å²) >= 11 is 0. The zero-order valence-corrected chi connectivity index (χ0v) is 11.5. The largest absolute Gasteiger partial charge is 0.357 e. The fraction of sp³-hybridized carbons (Fsp3) is 0.364. The van der Waals surface area contributed by atoms with Gasteiger partial charge in [-0.2, -0.15) is 0 Å². The third kappa shape index (κ3) is 7.05. The molecule has 0 aromatic heterocycles. The minimum Gasteiger partial charge on any atom is -0.357 e. The number of halogens is 2. The van der Waals surface area contributed by atoms with Crippen LogP contribution in [0.1, 0.15) is 12.5 Å². The van der Waals surface area contributed by atoms with Crippen LogP contribution in [0, 0.1) is 5.41 Å². The van der Waals surface area contributed by atoms with Crippen LogP contribution in [0.2, 0.25) is 0 Å². The van der Waals surface area contributed by atoms with Gasteiger partial charge in [0.25, 0.3) is 0 Å². The van der Waals surface area contributed by atoms with Gasteiger partial charge >= 0.3 is 0 Å². The molecule has 0 aliphatic rings. The molecular weight excluding hydrogens is 259 g/mol. The van der Waals surface area contributed by atoms with E-state index in [-0.39, 0.29) is 24.8 Å². The Bertz CT molecular complexity index is 314. The van der Waals surface area contributed by atoms with Crippen LogP contribution in [0.5, 0.6) is 0 Å². The summed E-state index contributed by atoms with van der Waals surface area (Å²) in [6.45, 7) is 3.37. The third-order valence-corrected chi connectivity index (χ3v) is 2.01. The first-order chi connectivity index (χ1) is 7.26. The average Bonchev–Trinajstić information content (AvgIpc) is 2.22. The van der Waals surface area contributed by atoms with Crippen LogP contribution in [0.3, 0.4) is 0 Å². The molecule has 17 heavy (non-hydrogen) atoms. The molecule has 4 nitrogen and oxygen atoms in total. The van der Waals surface area contributed by atoms with E-state index in [1.807, 2.05) is 31.2 Å². The number of anilines is 1. The fourth-order valence-electron chi connectivity index (χ4n) is 1.29. The van der Waals surface area contributed by atoms with Crippen molar-refractivity contribution in [1.29, 1.82) is 5.41 Å². The summed E-state index contributed by atoms with van der Waals surface area (Å²) in [5.74, 6) is 0.323. The predicted octanol–water partition coefficient (Wildman–Crippen LogP) is 1.99. The number of nitrogens with two attached hydrogens (primary N) is 1. The van der Waals surface area contributed by atoms with Crippen LogP contribution in [0.25, 0.3) is 0 Å². The zero-order valence-electron chi connectivity index (χ0n) is 9.82. The third-order valence-electron chi connectivity index (χ3n) is 2.01. The molecule has 6 heteroatoms. The van der Waals surface area contributed by atoms with Gasteiger partial charge in [0.05, 0.1) is 0 Å². The van der Waals surface area contributed by atoms with Gasteiger partial charge in [-0.3, -0.25) is 5.41 Å². The molecule has 0 amide bonds. The van der Waals surface area contributed by atoms with Crippen molar-refractivity contribution in [2.45, 2.75) is 13.3 Å². The van der Waals surface area contributed by atoms with Crippen LogP contribution in [0.15, 0.2) is 24.3 Å². The Morgan fingerprint density at radius 2 is 1.82 bits per heavy atom. The van der Waals surface area contributed by atoms with E-state index < -0.39 is 0 Å². The van der Waals surface area contributed by atoms with E-state index in [1.165, 1.54) is 5.56 Å². The summed E-state index contributed by atoms with van der Waals surface area (Å²) in [6, 6.07) is 7.95. The average molecular weight is 279 g/mol. The minimum atomic E-state index is 0. The van der Waals surface area contributed by atoms with Gasteiger partial charge in [0.2, 0.25) is 0 Å². The summed E-state index contributed by atoms with van der Waals surface area (Å²) in [5, 5.41) is 13.4. The van der Waals surface area contributed by atoms with Gasteiger partial charge in [-0.25, -0.2) is 0 Å². The molecule has 0 radical (unpaired) electrons. The normalized spacial score (nSPS) is 8.59. The van der Waals surface area contributed by atoms with Gasteiger partial charge in [0, 0.05) is 12.2 Å². The standard InChI is InChI=1S/C11H18N4.2ClH/c1-2-14-11(13)15-10-5-3-9(4-6-10)7-8-12;;/h3-6H,2,7-8,12H2,1H3,(H3,13,14,15);2*1H. The predicted molar refractivity (Wildman–Crippen MR) is 78.7 cm³/mol. The summed E-state index contributed by atoms with van der Waals surface area (Å²) < 4.78 is 0. The first-order valence-electron chi connectivity index (χ1n) is 5.14. The Hall–Kier alpha value is -0.970. The molecule has 0 fully saturated rings. The van der Waals surface area contributed by atoms with Gasteiger partial charge in [-0.15, -0.1) is 24.8 Å². The van der Waals surface area contributed by atoms with E-state index >= 15 is 0 Å². The van der Waals surface area contributed by atoms with Crippen LogP contribution in [-0.4, -0.2) is 19.0 Å². The molecule has 0 heterocycles. The van der Waals surface area contributed by atoms with Crippen LogP contribution >= 0.6 is 24.8 Å². The highest BCUT2D eigenvalue weighted by atomic mass is 35.5. The first kappa shape index (κ1) is 18.4. The second-order valence-corrected chi connectivity index (χ2v) is 3.27. The summed E-state index contributed by atoms with van der Waals surface area (Å²) in [4.78, 5) is 0. The van der Waals surface area contributed by atoms with E-state index in [0.29, 0.717) is 12.5 Å². The molecule has 1 aromatic rings. The lowest BCUT2D eigenvalue weighted by molar-refractivity contribution is 0.953. The van der Waals surface area contributed by atoms with Gasteiger partial charge in [-0.05, 0) is 37.6 Å². The maximum absolute atomic E-state index is 7.52. The number of hydrogen-bond acceptors (Lipinski definition) is 2. The molecule has 1 rings (SSSR count). The highest BCUT2D eigenvalue weighted by Gasteiger charge is 1.96. The molecular formula is C11H20Cl2N4. The quantitative estimate of drug-likeness (QED) is 0.503. The summed E-state index contributed by atoms with van der Waals surface area (Å²) in [6.07, 6.45) is 0.894. The lowest BCUT2D eigenvalue weighted by atomic mass is 10.1. The van der Waals surface area contributed by atoms with Crippen LogP contribution in [0.4, 0.5) is 5.69 Å². The number of benzene rings is 1. The molecule has 0 spiro atoms. The molecule has 0 saturated heterocycles. The summed E-state index contributed by atoms with van der Waals surface area (Å²) in [5.41, 5.74) is 7.60. The van der Waals surface area contributed by atoms with Gasteiger partial charge in [-0.1, -0.05) is 12.1 Å². The molecule has 0 aliphatic carbocycles. The van der Waals surface area contributed by atoms with Gasteiger partial charge < -0.3 is 16.4 Å². The molecule has 0 saturated carbocycles. The highest BCUT2D eigenvalue weighted by Crippen LogP contribution is 2.09. The topological polar surface area (TPSA) is 73.9 Å². The maximum atomic E-state index is 7.52. The Morgan fingerprint density at radius 1 is 1.24 bits per heavy atom. The second-order valence-electron chi connectivity index (χ2n) is 3.27. The molecule has 98 valence electrons. The molecule has 0 unspecified atom stereocenters. The zero-order chi connectivity index (χ0) is 11.1. The Labute approximate surface area is 115 Å². The SMILES string of the molecule is CCNC(=N)Nc1ccc(CCN)cc1.Cl.Cl. The van der Waals surface area contributed by atoms with Crippen molar-refractivity contribution >= 4 is 36.5 Å². The van der Waals surface area contributed by atoms with E-state index in [1.54, 1.807) is 0 Å². The van der Waals surface area contributed by atoms with E-state index in [0.717, 1.165) is 18.7 Å². The van der Waals surface area contributed by atoms with Crippen molar-refractivity contribution in [3.8, 4) is 0 Å². The van der Waals surface area contributed by atoms with Gasteiger partial charge in [0.15, 0.2) is 5.96 Å². The summed E-state index contributed by atoms with van der Waals surface area (Å²) in [7, 11) is 0. The highest BCUT2D eigenvalue weighted by molar-refractivity contribution is 5.91. The van der Waals surface area contributed by atoms with Gasteiger partial charge in [0.1, 0.15) is 0 Å².